The third-order valence-electron chi connectivity index (χ3n) is 4.76. The minimum absolute atomic E-state index is 0.0573. The summed E-state index contributed by atoms with van der Waals surface area (Å²) >= 11 is 12.5. The van der Waals surface area contributed by atoms with Crippen LogP contribution in [-0.4, -0.2) is 38.7 Å². The highest BCUT2D eigenvalue weighted by Gasteiger charge is 2.31. The van der Waals surface area contributed by atoms with Gasteiger partial charge in [0.2, 0.25) is 5.91 Å². The Morgan fingerprint density at radius 3 is 2.53 bits per heavy atom. The number of rotatable bonds is 9. The van der Waals surface area contributed by atoms with Gasteiger partial charge in [-0.15, -0.1) is 0 Å². The van der Waals surface area contributed by atoms with Gasteiger partial charge in [0.05, 0.1) is 16.2 Å². The summed E-state index contributed by atoms with van der Waals surface area (Å²) in [6.07, 6.45) is 4.13. The monoisotopic (exact) mass is 488 g/mol. The minimum Gasteiger partial charge on any atom is -0.478 e. The number of thiocarbonyl (C=S) groups is 1. The molecule has 2 N–H and O–H groups in total. The number of para-hydroxylation sites is 1. The molecule has 2 aromatic carbocycles. The zero-order valence-corrected chi connectivity index (χ0v) is 19.4. The molecule has 32 heavy (non-hydrogen) atoms. The molecule has 1 saturated heterocycles. The molecule has 1 aliphatic heterocycles. The summed E-state index contributed by atoms with van der Waals surface area (Å²) in [6.45, 7) is 0.492. The first kappa shape index (κ1) is 24.0. The molecule has 0 saturated carbocycles. The third kappa shape index (κ3) is 6.41. The summed E-state index contributed by atoms with van der Waals surface area (Å²) in [5, 5.41) is 12.5. The summed E-state index contributed by atoms with van der Waals surface area (Å²) in [7, 11) is 0. The number of aromatic carboxylic acids is 1. The number of carbonyl (C=O) groups excluding carboxylic acids is 2. The molecule has 9 heteroatoms. The molecule has 3 rings (SSSR count). The SMILES string of the molecule is O=C(CCCCCN1C(=O)/C(=C/c2ccc(Cl)cc2)SC1=S)Nc1ccccc1C(=O)O. The zero-order valence-electron chi connectivity index (χ0n) is 17.0. The summed E-state index contributed by atoms with van der Waals surface area (Å²) in [5.41, 5.74) is 1.22. The van der Waals surface area contributed by atoms with Gasteiger partial charge in [0.25, 0.3) is 5.91 Å². The first-order chi connectivity index (χ1) is 15.3. The highest BCUT2D eigenvalue weighted by Crippen LogP contribution is 2.33. The molecule has 6 nitrogen and oxygen atoms in total. The van der Waals surface area contributed by atoms with Crippen molar-refractivity contribution in [2.45, 2.75) is 25.7 Å². The van der Waals surface area contributed by atoms with Crippen molar-refractivity contribution in [2.75, 3.05) is 11.9 Å². The fourth-order valence-corrected chi connectivity index (χ4v) is 4.56. The molecule has 166 valence electrons. The molecular formula is C23H21ClN2O4S2. The van der Waals surface area contributed by atoms with Crippen LogP contribution in [0.2, 0.25) is 5.02 Å². The quantitative estimate of drug-likeness (QED) is 0.278. The Balaban J connectivity index is 1.43. The van der Waals surface area contributed by atoms with Crippen LogP contribution in [0.4, 0.5) is 5.69 Å². The molecule has 1 aliphatic rings. The maximum absolute atomic E-state index is 12.7. The van der Waals surface area contributed by atoms with E-state index in [1.807, 2.05) is 12.1 Å². The number of anilines is 1. The molecule has 1 heterocycles. The van der Waals surface area contributed by atoms with Gasteiger partial charge in [-0.3, -0.25) is 14.5 Å². The highest BCUT2D eigenvalue weighted by atomic mass is 35.5. The molecule has 0 aliphatic carbocycles. The summed E-state index contributed by atoms with van der Waals surface area (Å²) in [6, 6.07) is 13.5. The van der Waals surface area contributed by atoms with E-state index in [1.54, 1.807) is 41.3 Å². The van der Waals surface area contributed by atoms with E-state index in [0.29, 0.717) is 33.6 Å². The number of carbonyl (C=O) groups is 3. The predicted molar refractivity (Wildman–Crippen MR) is 132 cm³/mol. The Morgan fingerprint density at radius 2 is 1.81 bits per heavy atom. The Labute approximate surface area is 200 Å². The normalized spacial score (nSPS) is 14.8. The number of hydrogen-bond acceptors (Lipinski definition) is 5. The minimum atomic E-state index is -1.09. The number of amides is 2. The molecule has 0 radical (unpaired) electrons. The number of nitrogens with one attached hydrogen (secondary N) is 1. The molecule has 0 bridgehead atoms. The van der Waals surface area contributed by atoms with E-state index in [4.69, 9.17) is 23.8 Å². The molecule has 0 unspecified atom stereocenters. The molecule has 0 atom stereocenters. The van der Waals surface area contributed by atoms with Crippen LogP contribution < -0.4 is 5.32 Å². The third-order valence-corrected chi connectivity index (χ3v) is 6.39. The van der Waals surface area contributed by atoms with Crippen LogP contribution in [-0.2, 0) is 9.59 Å². The number of carboxylic acids is 1. The average molecular weight is 489 g/mol. The Bertz CT molecular complexity index is 1070. The number of unbranched alkanes of at least 4 members (excludes halogenated alkanes) is 2. The maximum atomic E-state index is 12.7. The fourth-order valence-electron chi connectivity index (χ4n) is 3.13. The summed E-state index contributed by atoms with van der Waals surface area (Å²) in [5.74, 6) is -1.44. The van der Waals surface area contributed by atoms with Crippen LogP contribution in [0.15, 0.2) is 53.4 Å². The van der Waals surface area contributed by atoms with Crippen LogP contribution in [0.1, 0.15) is 41.6 Å². The van der Waals surface area contributed by atoms with Gasteiger partial charge in [0, 0.05) is 18.0 Å². The number of halogens is 1. The van der Waals surface area contributed by atoms with Gasteiger partial charge in [-0.25, -0.2) is 4.79 Å². The van der Waals surface area contributed by atoms with Crippen molar-refractivity contribution in [2.24, 2.45) is 0 Å². The van der Waals surface area contributed by atoms with Crippen LogP contribution in [0.3, 0.4) is 0 Å². The van der Waals surface area contributed by atoms with Crippen LogP contribution >= 0.6 is 35.6 Å². The zero-order chi connectivity index (χ0) is 23.1. The van der Waals surface area contributed by atoms with E-state index in [2.05, 4.69) is 5.32 Å². The van der Waals surface area contributed by atoms with Gasteiger partial charge in [0.1, 0.15) is 4.32 Å². The lowest BCUT2D eigenvalue weighted by molar-refractivity contribution is -0.122. The van der Waals surface area contributed by atoms with E-state index in [0.717, 1.165) is 12.0 Å². The number of carboxylic acid groups (broad SMARTS) is 1. The molecule has 2 aromatic rings. The van der Waals surface area contributed by atoms with E-state index in [-0.39, 0.29) is 29.5 Å². The van der Waals surface area contributed by atoms with Crippen molar-refractivity contribution in [3.05, 3.63) is 69.6 Å². The average Bonchev–Trinajstić information content (AvgIpc) is 3.02. The van der Waals surface area contributed by atoms with E-state index in [1.165, 1.54) is 17.8 Å². The topological polar surface area (TPSA) is 86.7 Å². The second-order valence-electron chi connectivity index (χ2n) is 7.09. The molecule has 1 fully saturated rings. The van der Waals surface area contributed by atoms with Crippen molar-refractivity contribution >= 4 is 69.4 Å². The number of thioether (sulfide) groups is 1. The van der Waals surface area contributed by atoms with E-state index in [9.17, 15) is 19.5 Å². The lowest BCUT2D eigenvalue weighted by Gasteiger charge is -2.14. The first-order valence-electron chi connectivity index (χ1n) is 9.98. The summed E-state index contributed by atoms with van der Waals surface area (Å²) < 4.78 is 0.526. The van der Waals surface area contributed by atoms with Crippen molar-refractivity contribution in [3.63, 3.8) is 0 Å². The highest BCUT2D eigenvalue weighted by molar-refractivity contribution is 8.26. The van der Waals surface area contributed by atoms with Crippen molar-refractivity contribution < 1.29 is 19.5 Å². The van der Waals surface area contributed by atoms with E-state index < -0.39 is 5.97 Å². The summed E-state index contributed by atoms with van der Waals surface area (Å²) in [4.78, 5) is 38.2. The van der Waals surface area contributed by atoms with Gasteiger partial charge in [-0.2, -0.15) is 0 Å². The van der Waals surface area contributed by atoms with Gasteiger partial charge >= 0.3 is 5.97 Å². The van der Waals surface area contributed by atoms with Gasteiger partial charge in [-0.1, -0.05) is 66.3 Å². The van der Waals surface area contributed by atoms with Crippen LogP contribution in [0.25, 0.3) is 6.08 Å². The molecular weight excluding hydrogens is 468 g/mol. The second-order valence-corrected chi connectivity index (χ2v) is 9.21. The molecule has 2 amide bonds. The van der Waals surface area contributed by atoms with Crippen molar-refractivity contribution in [1.29, 1.82) is 0 Å². The van der Waals surface area contributed by atoms with Crippen molar-refractivity contribution in [1.82, 2.24) is 4.90 Å². The van der Waals surface area contributed by atoms with E-state index >= 15 is 0 Å². The maximum Gasteiger partial charge on any atom is 0.337 e. The Morgan fingerprint density at radius 1 is 1.09 bits per heavy atom. The lowest BCUT2D eigenvalue weighted by Crippen LogP contribution is -2.29. The lowest BCUT2D eigenvalue weighted by atomic mass is 10.1. The van der Waals surface area contributed by atoms with Crippen LogP contribution in [0.5, 0.6) is 0 Å². The number of hydrogen-bond donors (Lipinski definition) is 2. The predicted octanol–water partition coefficient (Wildman–Crippen LogP) is 5.44. The standard InChI is InChI=1S/C23H21ClN2O4S2/c24-16-11-9-15(10-12-16)14-19-21(28)26(23(31)32-19)13-5-1-2-8-20(27)25-18-7-4-3-6-17(18)22(29)30/h3-4,6-7,9-12,14H,1-2,5,8,13H2,(H,25,27)(H,29,30)/b19-14-. The molecule has 0 spiro atoms. The Kier molecular flexibility index (Phi) is 8.44. The first-order valence-corrected chi connectivity index (χ1v) is 11.6. The largest absolute Gasteiger partial charge is 0.478 e. The van der Waals surface area contributed by atoms with Gasteiger partial charge < -0.3 is 10.4 Å². The van der Waals surface area contributed by atoms with Crippen molar-refractivity contribution in [3.8, 4) is 0 Å². The second kappa shape index (κ2) is 11.3. The van der Waals surface area contributed by atoms with Gasteiger partial charge in [0.15, 0.2) is 0 Å². The fraction of sp³-hybridized carbons (Fsp3) is 0.217. The van der Waals surface area contributed by atoms with Crippen LogP contribution in [0, 0.1) is 0 Å². The number of benzene rings is 2. The Hall–Kier alpha value is -2.68. The van der Waals surface area contributed by atoms with Gasteiger partial charge in [-0.05, 0) is 48.7 Å². The molecule has 0 aromatic heterocycles. The number of nitrogens with zero attached hydrogens (tertiary/aromatic N) is 1. The smallest absolute Gasteiger partial charge is 0.337 e.